The van der Waals surface area contributed by atoms with Crippen molar-refractivity contribution in [2.45, 2.75) is 11.5 Å². The van der Waals surface area contributed by atoms with Crippen LogP contribution in [0.5, 0.6) is 5.75 Å². The zero-order valence-electron chi connectivity index (χ0n) is 16.2. The predicted octanol–water partition coefficient (Wildman–Crippen LogP) is 3.77. The summed E-state index contributed by atoms with van der Waals surface area (Å²) in [5, 5.41) is 2.76. The Labute approximate surface area is 170 Å². The Balaban J connectivity index is 1.65. The van der Waals surface area contributed by atoms with Crippen LogP contribution in [0.25, 0.3) is 0 Å². The van der Waals surface area contributed by atoms with Crippen LogP contribution in [0.15, 0.2) is 83.8 Å². The molecule has 0 fully saturated rings. The molecule has 29 heavy (non-hydrogen) atoms. The molecule has 0 saturated carbocycles. The van der Waals surface area contributed by atoms with Gasteiger partial charge in [-0.1, -0.05) is 36.4 Å². The van der Waals surface area contributed by atoms with Crippen molar-refractivity contribution in [2.24, 2.45) is 0 Å². The molecule has 3 aromatic carbocycles. The first-order valence-corrected chi connectivity index (χ1v) is 10.4. The van der Waals surface area contributed by atoms with Gasteiger partial charge < -0.3 is 10.1 Å². The largest absolute Gasteiger partial charge is 0.489 e. The number of hydrogen-bond acceptors (Lipinski definition) is 4. The van der Waals surface area contributed by atoms with E-state index in [1.54, 1.807) is 36.4 Å². The number of amides is 1. The Bertz CT molecular complexity index is 1080. The van der Waals surface area contributed by atoms with Crippen LogP contribution in [0.2, 0.25) is 0 Å². The third kappa shape index (κ3) is 5.22. The Kier molecular flexibility index (Phi) is 6.31. The first kappa shape index (κ1) is 20.6. The predicted molar refractivity (Wildman–Crippen MR) is 112 cm³/mol. The SMILES string of the molecule is CN(C)S(=O)(=O)c1cccc(C(=O)Nc2ccc(OCc3ccccc3)cc2)c1. The van der Waals surface area contributed by atoms with Crippen molar-refractivity contribution in [3.8, 4) is 5.75 Å². The van der Waals surface area contributed by atoms with E-state index in [-0.39, 0.29) is 10.5 Å². The highest BCUT2D eigenvalue weighted by Crippen LogP contribution is 2.19. The van der Waals surface area contributed by atoms with Crippen LogP contribution in [0.4, 0.5) is 5.69 Å². The average molecular weight is 410 g/mol. The van der Waals surface area contributed by atoms with E-state index >= 15 is 0 Å². The van der Waals surface area contributed by atoms with Gasteiger partial charge in [0, 0.05) is 25.3 Å². The number of anilines is 1. The van der Waals surface area contributed by atoms with Crippen LogP contribution in [0.3, 0.4) is 0 Å². The third-order valence-corrected chi connectivity index (χ3v) is 6.05. The zero-order chi connectivity index (χ0) is 20.9. The van der Waals surface area contributed by atoms with E-state index in [0.717, 1.165) is 9.87 Å². The molecule has 1 amide bonds. The summed E-state index contributed by atoms with van der Waals surface area (Å²) in [5.41, 5.74) is 1.91. The Hall–Kier alpha value is -3.16. The van der Waals surface area contributed by atoms with E-state index in [1.807, 2.05) is 30.3 Å². The maximum absolute atomic E-state index is 12.5. The van der Waals surface area contributed by atoms with Crippen LogP contribution < -0.4 is 10.1 Å². The molecule has 0 aliphatic heterocycles. The molecule has 6 nitrogen and oxygen atoms in total. The first-order chi connectivity index (χ1) is 13.9. The van der Waals surface area contributed by atoms with Crippen LogP contribution in [-0.2, 0) is 16.6 Å². The van der Waals surface area contributed by atoms with Crippen LogP contribution in [0.1, 0.15) is 15.9 Å². The molecule has 7 heteroatoms. The van der Waals surface area contributed by atoms with Gasteiger partial charge in [0.15, 0.2) is 0 Å². The lowest BCUT2D eigenvalue weighted by Crippen LogP contribution is -2.22. The number of nitrogens with one attached hydrogen (secondary N) is 1. The highest BCUT2D eigenvalue weighted by molar-refractivity contribution is 7.89. The molecule has 0 atom stereocenters. The third-order valence-electron chi connectivity index (χ3n) is 4.24. The van der Waals surface area contributed by atoms with Gasteiger partial charge in [0.05, 0.1) is 4.90 Å². The van der Waals surface area contributed by atoms with E-state index in [4.69, 9.17) is 4.74 Å². The second-order valence-electron chi connectivity index (χ2n) is 6.57. The van der Waals surface area contributed by atoms with E-state index in [9.17, 15) is 13.2 Å². The molecular weight excluding hydrogens is 388 g/mol. The molecule has 0 saturated heterocycles. The fourth-order valence-corrected chi connectivity index (χ4v) is 3.54. The number of sulfonamides is 1. The molecule has 1 N–H and O–H groups in total. The Morgan fingerprint density at radius 3 is 2.28 bits per heavy atom. The molecule has 0 bridgehead atoms. The van der Waals surface area contributed by atoms with Crippen molar-refractivity contribution in [2.75, 3.05) is 19.4 Å². The van der Waals surface area contributed by atoms with Gasteiger partial charge in [-0.15, -0.1) is 0 Å². The molecule has 3 rings (SSSR count). The van der Waals surface area contributed by atoms with Gasteiger partial charge in [-0.3, -0.25) is 4.79 Å². The topological polar surface area (TPSA) is 75.7 Å². The molecule has 0 unspecified atom stereocenters. The lowest BCUT2D eigenvalue weighted by molar-refractivity contribution is 0.102. The highest BCUT2D eigenvalue weighted by atomic mass is 32.2. The molecule has 0 radical (unpaired) electrons. The van der Waals surface area contributed by atoms with E-state index in [1.165, 1.54) is 26.2 Å². The minimum Gasteiger partial charge on any atom is -0.489 e. The van der Waals surface area contributed by atoms with Crippen molar-refractivity contribution < 1.29 is 17.9 Å². The number of ether oxygens (including phenoxy) is 1. The van der Waals surface area contributed by atoms with Crippen molar-refractivity contribution in [3.05, 3.63) is 90.0 Å². The minimum atomic E-state index is -3.60. The molecule has 0 spiro atoms. The zero-order valence-corrected chi connectivity index (χ0v) is 17.0. The van der Waals surface area contributed by atoms with Crippen molar-refractivity contribution >= 4 is 21.6 Å². The molecule has 0 aliphatic rings. The average Bonchev–Trinajstić information content (AvgIpc) is 2.74. The number of carbonyl (C=O) groups excluding carboxylic acids is 1. The molecule has 3 aromatic rings. The van der Waals surface area contributed by atoms with Crippen LogP contribution >= 0.6 is 0 Å². The van der Waals surface area contributed by atoms with Gasteiger partial charge in [0.25, 0.3) is 5.91 Å². The van der Waals surface area contributed by atoms with Gasteiger partial charge in [0.1, 0.15) is 12.4 Å². The number of rotatable bonds is 7. The second kappa shape index (κ2) is 8.89. The first-order valence-electron chi connectivity index (χ1n) is 8.97. The van der Waals surface area contributed by atoms with Crippen molar-refractivity contribution in [1.82, 2.24) is 4.31 Å². The minimum absolute atomic E-state index is 0.0693. The number of carbonyl (C=O) groups is 1. The summed E-state index contributed by atoms with van der Waals surface area (Å²) in [6.45, 7) is 0.458. The standard InChI is InChI=1S/C22H22N2O4S/c1-24(2)29(26,27)21-10-6-9-18(15-21)22(25)23-19-11-13-20(14-12-19)28-16-17-7-4-3-5-8-17/h3-15H,16H2,1-2H3,(H,23,25). The van der Waals surface area contributed by atoms with Crippen LogP contribution in [-0.4, -0.2) is 32.7 Å². The summed E-state index contributed by atoms with van der Waals surface area (Å²) in [7, 11) is -0.708. The fourth-order valence-electron chi connectivity index (χ4n) is 2.59. The maximum atomic E-state index is 12.5. The van der Waals surface area contributed by atoms with E-state index < -0.39 is 15.9 Å². The summed E-state index contributed by atoms with van der Waals surface area (Å²) in [5.74, 6) is 0.296. The normalized spacial score (nSPS) is 11.3. The Morgan fingerprint density at radius 2 is 1.62 bits per heavy atom. The molecule has 0 heterocycles. The summed E-state index contributed by atoms with van der Waals surface area (Å²) in [6.07, 6.45) is 0. The molecular formula is C22H22N2O4S. The maximum Gasteiger partial charge on any atom is 0.255 e. The number of benzene rings is 3. The lowest BCUT2D eigenvalue weighted by atomic mass is 10.2. The molecule has 150 valence electrons. The quantitative estimate of drug-likeness (QED) is 0.643. The highest BCUT2D eigenvalue weighted by Gasteiger charge is 2.18. The summed E-state index contributed by atoms with van der Waals surface area (Å²) in [4.78, 5) is 12.6. The summed E-state index contributed by atoms with van der Waals surface area (Å²) < 4.78 is 31.3. The van der Waals surface area contributed by atoms with E-state index in [2.05, 4.69) is 5.32 Å². The number of hydrogen-bond donors (Lipinski definition) is 1. The molecule has 0 aliphatic carbocycles. The summed E-state index contributed by atoms with van der Waals surface area (Å²) >= 11 is 0. The van der Waals surface area contributed by atoms with Crippen LogP contribution in [0, 0.1) is 0 Å². The van der Waals surface area contributed by atoms with Gasteiger partial charge in [0.2, 0.25) is 10.0 Å². The lowest BCUT2D eigenvalue weighted by Gasteiger charge is -2.12. The Morgan fingerprint density at radius 1 is 0.931 bits per heavy atom. The van der Waals surface area contributed by atoms with E-state index in [0.29, 0.717) is 18.0 Å². The van der Waals surface area contributed by atoms with Gasteiger partial charge in [-0.25, -0.2) is 12.7 Å². The van der Waals surface area contributed by atoms with Gasteiger partial charge in [-0.2, -0.15) is 0 Å². The van der Waals surface area contributed by atoms with Gasteiger partial charge >= 0.3 is 0 Å². The van der Waals surface area contributed by atoms with Gasteiger partial charge in [-0.05, 0) is 48.0 Å². The summed E-state index contributed by atoms with van der Waals surface area (Å²) in [6, 6.07) is 22.8. The second-order valence-corrected chi connectivity index (χ2v) is 8.72. The van der Waals surface area contributed by atoms with Crippen molar-refractivity contribution in [3.63, 3.8) is 0 Å². The smallest absolute Gasteiger partial charge is 0.255 e. The molecule has 0 aromatic heterocycles. The van der Waals surface area contributed by atoms with Crippen molar-refractivity contribution in [1.29, 1.82) is 0 Å². The number of nitrogens with zero attached hydrogens (tertiary/aromatic N) is 1. The fraction of sp³-hybridized carbons (Fsp3) is 0.136. The monoisotopic (exact) mass is 410 g/mol.